The highest BCUT2D eigenvalue weighted by Gasteiger charge is 2.15. The number of carbonyl (C=O) groups excluding carboxylic acids is 3. The molecule has 0 aromatic carbocycles. The lowest BCUT2D eigenvalue weighted by Crippen LogP contribution is -2.42. The number of amides is 3. The molecule has 6 nitrogen and oxygen atoms in total. The van der Waals surface area contributed by atoms with Crippen LogP contribution in [0.25, 0.3) is 0 Å². The van der Waals surface area contributed by atoms with Gasteiger partial charge in [-0.25, -0.2) is 0 Å². The second-order valence-corrected chi connectivity index (χ2v) is 2.54. The molecule has 0 aliphatic rings. The molecular formula is C7H13N3O3. The molecule has 3 amide bonds. The molecule has 0 heterocycles. The van der Waals surface area contributed by atoms with E-state index in [1.165, 1.54) is 0 Å². The SMILES string of the molecule is CCC(=O)N(CC(N)=O)CC(N)=O. The summed E-state index contributed by atoms with van der Waals surface area (Å²) in [7, 11) is 0. The van der Waals surface area contributed by atoms with Crippen molar-refractivity contribution in [2.45, 2.75) is 13.3 Å². The average Bonchev–Trinajstić information content (AvgIpc) is 2.00. The Morgan fingerprint density at radius 1 is 1.08 bits per heavy atom. The van der Waals surface area contributed by atoms with Crippen LogP contribution in [0.2, 0.25) is 0 Å². The monoisotopic (exact) mass is 187 g/mol. The Morgan fingerprint density at radius 2 is 1.46 bits per heavy atom. The molecule has 0 radical (unpaired) electrons. The van der Waals surface area contributed by atoms with E-state index >= 15 is 0 Å². The lowest BCUT2D eigenvalue weighted by Gasteiger charge is -2.18. The first-order valence-corrected chi connectivity index (χ1v) is 3.81. The first kappa shape index (κ1) is 11.4. The molecular weight excluding hydrogens is 174 g/mol. The van der Waals surface area contributed by atoms with Gasteiger partial charge in [0, 0.05) is 6.42 Å². The number of hydrogen-bond acceptors (Lipinski definition) is 3. The summed E-state index contributed by atoms with van der Waals surface area (Å²) >= 11 is 0. The largest absolute Gasteiger partial charge is 0.368 e. The predicted molar refractivity (Wildman–Crippen MR) is 45.3 cm³/mol. The van der Waals surface area contributed by atoms with Crippen molar-refractivity contribution >= 4 is 17.7 Å². The summed E-state index contributed by atoms with van der Waals surface area (Å²) in [6.45, 7) is 1.09. The Kier molecular flexibility index (Phi) is 4.50. The van der Waals surface area contributed by atoms with Gasteiger partial charge in [-0.15, -0.1) is 0 Å². The molecule has 13 heavy (non-hydrogen) atoms. The second-order valence-electron chi connectivity index (χ2n) is 2.54. The highest BCUT2D eigenvalue weighted by Crippen LogP contribution is 1.92. The maximum atomic E-state index is 11.1. The van der Waals surface area contributed by atoms with Gasteiger partial charge in [-0.3, -0.25) is 14.4 Å². The van der Waals surface area contributed by atoms with Crippen LogP contribution in [0.5, 0.6) is 0 Å². The van der Waals surface area contributed by atoms with Crippen molar-refractivity contribution in [1.29, 1.82) is 0 Å². The zero-order valence-electron chi connectivity index (χ0n) is 7.45. The maximum Gasteiger partial charge on any atom is 0.237 e. The summed E-state index contributed by atoms with van der Waals surface area (Å²) in [6, 6.07) is 0. The smallest absolute Gasteiger partial charge is 0.237 e. The van der Waals surface area contributed by atoms with Crippen LogP contribution in [0.4, 0.5) is 0 Å². The maximum absolute atomic E-state index is 11.1. The average molecular weight is 187 g/mol. The molecule has 0 aliphatic heterocycles. The van der Waals surface area contributed by atoms with E-state index in [1.807, 2.05) is 0 Å². The van der Waals surface area contributed by atoms with Gasteiger partial charge < -0.3 is 16.4 Å². The van der Waals surface area contributed by atoms with Crippen LogP contribution in [-0.2, 0) is 14.4 Å². The third-order valence-electron chi connectivity index (χ3n) is 1.35. The van der Waals surface area contributed by atoms with Gasteiger partial charge in [-0.2, -0.15) is 0 Å². The van der Waals surface area contributed by atoms with Gasteiger partial charge in [-0.1, -0.05) is 6.92 Å². The number of nitrogens with zero attached hydrogens (tertiary/aromatic N) is 1. The molecule has 74 valence electrons. The molecule has 0 aromatic rings. The van der Waals surface area contributed by atoms with E-state index in [1.54, 1.807) is 6.92 Å². The normalized spacial score (nSPS) is 9.31. The molecule has 0 atom stereocenters. The standard InChI is InChI=1S/C7H13N3O3/c1-2-7(13)10(3-5(8)11)4-6(9)12/h2-4H2,1H3,(H2,8,11)(H2,9,12). The van der Waals surface area contributed by atoms with Crippen molar-refractivity contribution in [2.24, 2.45) is 11.5 Å². The van der Waals surface area contributed by atoms with Crippen LogP contribution in [0, 0.1) is 0 Å². The molecule has 4 N–H and O–H groups in total. The molecule has 0 fully saturated rings. The second kappa shape index (κ2) is 5.13. The highest BCUT2D eigenvalue weighted by molar-refractivity contribution is 5.87. The van der Waals surface area contributed by atoms with E-state index in [4.69, 9.17) is 11.5 Å². The van der Waals surface area contributed by atoms with Crippen molar-refractivity contribution in [3.63, 3.8) is 0 Å². The third kappa shape index (κ3) is 4.78. The molecule has 0 spiro atoms. The fraction of sp³-hybridized carbons (Fsp3) is 0.571. The first-order chi connectivity index (χ1) is 5.97. The van der Waals surface area contributed by atoms with Gasteiger partial charge in [0.2, 0.25) is 17.7 Å². The van der Waals surface area contributed by atoms with Gasteiger partial charge in [-0.05, 0) is 0 Å². The van der Waals surface area contributed by atoms with Gasteiger partial charge in [0.15, 0.2) is 0 Å². The summed E-state index contributed by atoms with van der Waals surface area (Å²) in [4.78, 5) is 33.1. The summed E-state index contributed by atoms with van der Waals surface area (Å²) in [5.74, 6) is -1.65. The van der Waals surface area contributed by atoms with E-state index in [0.29, 0.717) is 0 Å². The fourth-order valence-electron chi connectivity index (χ4n) is 0.832. The molecule has 0 saturated carbocycles. The number of carbonyl (C=O) groups is 3. The Morgan fingerprint density at radius 3 is 1.69 bits per heavy atom. The summed E-state index contributed by atoms with van der Waals surface area (Å²) < 4.78 is 0. The van der Waals surface area contributed by atoms with E-state index in [2.05, 4.69) is 0 Å². The van der Waals surface area contributed by atoms with Crippen molar-refractivity contribution < 1.29 is 14.4 Å². The van der Waals surface area contributed by atoms with Crippen LogP contribution in [0.15, 0.2) is 0 Å². The van der Waals surface area contributed by atoms with E-state index < -0.39 is 11.8 Å². The van der Waals surface area contributed by atoms with Crippen LogP contribution in [0.1, 0.15) is 13.3 Å². The number of primary amides is 2. The minimum atomic E-state index is -0.664. The van der Waals surface area contributed by atoms with Gasteiger partial charge >= 0.3 is 0 Å². The Labute approximate surface area is 75.9 Å². The topological polar surface area (TPSA) is 106 Å². The molecule has 0 unspecified atom stereocenters. The molecule has 0 aromatic heterocycles. The van der Waals surface area contributed by atoms with Crippen LogP contribution in [-0.4, -0.2) is 35.7 Å². The summed E-state index contributed by atoms with van der Waals surface area (Å²) in [6.07, 6.45) is 0.209. The van der Waals surface area contributed by atoms with E-state index in [0.717, 1.165) is 4.90 Å². The molecule has 6 heteroatoms. The minimum Gasteiger partial charge on any atom is -0.368 e. The Bertz CT molecular complexity index is 211. The first-order valence-electron chi connectivity index (χ1n) is 3.81. The minimum absolute atomic E-state index is 0.209. The number of nitrogens with two attached hydrogens (primary N) is 2. The predicted octanol–water partition coefficient (Wildman–Crippen LogP) is -1.80. The summed E-state index contributed by atoms with van der Waals surface area (Å²) in [5, 5.41) is 0. The van der Waals surface area contributed by atoms with E-state index in [9.17, 15) is 14.4 Å². The van der Waals surface area contributed by atoms with Gasteiger partial charge in [0.1, 0.15) is 0 Å². The van der Waals surface area contributed by atoms with Gasteiger partial charge in [0.05, 0.1) is 13.1 Å². The molecule has 0 rings (SSSR count). The highest BCUT2D eigenvalue weighted by atomic mass is 16.2. The number of hydrogen-bond donors (Lipinski definition) is 2. The van der Waals surface area contributed by atoms with Crippen molar-refractivity contribution in [3.05, 3.63) is 0 Å². The fourth-order valence-corrected chi connectivity index (χ4v) is 0.832. The van der Waals surface area contributed by atoms with Crippen molar-refractivity contribution in [2.75, 3.05) is 13.1 Å². The lowest BCUT2D eigenvalue weighted by molar-refractivity contribution is -0.137. The third-order valence-corrected chi connectivity index (χ3v) is 1.35. The molecule has 0 saturated heterocycles. The zero-order valence-corrected chi connectivity index (χ0v) is 7.45. The van der Waals surface area contributed by atoms with Crippen LogP contribution < -0.4 is 11.5 Å². The van der Waals surface area contributed by atoms with Crippen LogP contribution in [0.3, 0.4) is 0 Å². The van der Waals surface area contributed by atoms with Crippen molar-refractivity contribution in [3.8, 4) is 0 Å². The molecule has 0 aliphatic carbocycles. The van der Waals surface area contributed by atoms with Crippen molar-refractivity contribution in [1.82, 2.24) is 4.90 Å². The van der Waals surface area contributed by atoms with Gasteiger partial charge in [0.25, 0.3) is 0 Å². The van der Waals surface area contributed by atoms with Crippen LogP contribution >= 0.6 is 0 Å². The summed E-state index contributed by atoms with van der Waals surface area (Å²) in [5.41, 5.74) is 9.75. The van der Waals surface area contributed by atoms with E-state index in [-0.39, 0.29) is 25.4 Å². The zero-order chi connectivity index (χ0) is 10.4. The lowest BCUT2D eigenvalue weighted by atomic mass is 10.3. The quantitative estimate of drug-likeness (QED) is 0.530. The number of rotatable bonds is 5. The Balaban J connectivity index is 4.26. The Hall–Kier alpha value is -1.59. The molecule has 0 bridgehead atoms.